The molecule has 2 aromatic rings. The van der Waals surface area contributed by atoms with Gasteiger partial charge in [0.15, 0.2) is 11.5 Å². The Balaban J connectivity index is 2.52. The second-order valence-electron chi connectivity index (χ2n) is 4.84. The zero-order valence-electron chi connectivity index (χ0n) is 13.5. The van der Waals surface area contributed by atoms with Crippen LogP contribution in [0, 0.1) is 17.1 Å². The van der Waals surface area contributed by atoms with E-state index in [9.17, 15) is 9.65 Å². The van der Waals surface area contributed by atoms with E-state index in [1.165, 1.54) is 6.07 Å². The van der Waals surface area contributed by atoms with Gasteiger partial charge in [-0.2, -0.15) is 5.26 Å². The quantitative estimate of drug-likeness (QED) is 0.524. The summed E-state index contributed by atoms with van der Waals surface area (Å²) in [7, 11) is 0. The molecule has 0 saturated carbocycles. The van der Waals surface area contributed by atoms with Crippen LogP contribution in [0.5, 0.6) is 11.5 Å². The molecule has 0 saturated heterocycles. The van der Waals surface area contributed by atoms with Crippen molar-refractivity contribution in [3.05, 3.63) is 58.4 Å². The molecule has 5 heteroatoms. The van der Waals surface area contributed by atoms with Gasteiger partial charge in [-0.3, -0.25) is 0 Å². The Morgan fingerprint density at radius 3 is 2.38 bits per heavy atom. The van der Waals surface area contributed by atoms with Gasteiger partial charge in [-0.25, -0.2) is 4.39 Å². The van der Waals surface area contributed by atoms with Gasteiger partial charge < -0.3 is 9.47 Å². The van der Waals surface area contributed by atoms with Crippen LogP contribution >= 0.6 is 11.6 Å². The summed E-state index contributed by atoms with van der Waals surface area (Å²) in [5.74, 6) is 0.601. The molecule has 3 nitrogen and oxygen atoms in total. The molecule has 24 heavy (non-hydrogen) atoms. The highest BCUT2D eigenvalue weighted by atomic mass is 35.5. The molecule has 124 valence electrons. The number of halogens is 2. The number of hydrogen-bond donors (Lipinski definition) is 0. The van der Waals surface area contributed by atoms with Crippen LogP contribution in [0.1, 0.15) is 25.0 Å². The Bertz CT molecular complexity index is 796. The molecule has 0 aliphatic rings. The number of benzene rings is 2. The van der Waals surface area contributed by atoms with Crippen LogP contribution in [0.3, 0.4) is 0 Å². The van der Waals surface area contributed by atoms with Crippen molar-refractivity contribution in [1.29, 1.82) is 5.26 Å². The molecule has 0 aliphatic heterocycles. The third-order valence-corrected chi connectivity index (χ3v) is 3.57. The zero-order chi connectivity index (χ0) is 17.5. The van der Waals surface area contributed by atoms with E-state index >= 15 is 0 Å². The van der Waals surface area contributed by atoms with Gasteiger partial charge in [0.25, 0.3) is 0 Å². The van der Waals surface area contributed by atoms with Crippen LogP contribution in [0.15, 0.2) is 36.4 Å². The zero-order valence-corrected chi connectivity index (χ0v) is 14.2. The molecular weight excluding hydrogens is 329 g/mol. The second kappa shape index (κ2) is 8.37. The highest BCUT2D eigenvalue weighted by Crippen LogP contribution is 2.35. The predicted octanol–water partition coefficient (Wildman–Crippen LogP) is 5.34. The third kappa shape index (κ3) is 4.06. The highest BCUT2D eigenvalue weighted by Gasteiger charge is 2.12. The molecule has 0 N–H and O–H groups in total. The summed E-state index contributed by atoms with van der Waals surface area (Å²) in [6.07, 6.45) is 1.54. The SMILES string of the molecule is CCOc1cc(Cl)c(/C=C(/C#N)c2ccccc2F)cc1OCC. The predicted molar refractivity (Wildman–Crippen MR) is 93.7 cm³/mol. The van der Waals surface area contributed by atoms with E-state index in [0.717, 1.165) is 0 Å². The van der Waals surface area contributed by atoms with Crippen LogP contribution in [0.2, 0.25) is 5.02 Å². The molecule has 0 fully saturated rings. The first-order valence-corrected chi connectivity index (χ1v) is 7.94. The van der Waals surface area contributed by atoms with Crippen molar-refractivity contribution in [3.63, 3.8) is 0 Å². The molecule has 0 heterocycles. The van der Waals surface area contributed by atoms with Crippen molar-refractivity contribution < 1.29 is 13.9 Å². The van der Waals surface area contributed by atoms with Gasteiger partial charge in [-0.05, 0) is 37.6 Å². The topological polar surface area (TPSA) is 42.2 Å². The van der Waals surface area contributed by atoms with Crippen molar-refractivity contribution in [2.24, 2.45) is 0 Å². The molecule has 2 rings (SSSR count). The normalized spacial score (nSPS) is 11.0. The molecule has 0 aliphatic carbocycles. The Morgan fingerprint density at radius 1 is 1.17 bits per heavy atom. The standard InChI is InChI=1S/C19H17ClFNO2/c1-3-23-18-10-13(16(20)11-19(18)24-4-2)9-14(12-22)15-7-5-6-8-17(15)21/h5-11H,3-4H2,1-2H3/b14-9-. The van der Waals surface area contributed by atoms with E-state index in [2.05, 4.69) is 0 Å². The Morgan fingerprint density at radius 2 is 1.79 bits per heavy atom. The summed E-state index contributed by atoms with van der Waals surface area (Å²) in [6.45, 7) is 4.66. The maximum atomic E-state index is 13.9. The first kappa shape index (κ1) is 17.8. The van der Waals surface area contributed by atoms with E-state index in [1.54, 1.807) is 36.4 Å². The average molecular weight is 346 g/mol. The smallest absolute Gasteiger partial charge is 0.162 e. The minimum atomic E-state index is -0.461. The van der Waals surface area contributed by atoms with E-state index < -0.39 is 5.82 Å². The van der Waals surface area contributed by atoms with Gasteiger partial charge in [-0.1, -0.05) is 29.8 Å². The van der Waals surface area contributed by atoms with Crippen LogP contribution in [0.4, 0.5) is 4.39 Å². The lowest BCUT2D eigenvalue weighted by atomic mass is 10.0. The fourth-order valence-electron chi connectivity index (χ4n) is 2.20. The van der Waals surface area contributed by atoms with Crippen molar-refractivity contribution in [1.82, 2.24) is 0 Å². The number of rotatable bonds is 6. The van der Waals surface area contributed by atoms with Crippen LogP contribution in [-0.4, -0.2) is 13.2 Å². The van der Waals surface area contributed by atoms with Crippen LogP contribution in [-0.2, 0) is 0 Å². The second-order valence-corrected chi connectivity index (χ2v) is 5.24. The number of nitrogens with zero attached hydrogens (tertiary/aromatic N) is 1. The fourth-order valence-corrected chi connectivity index (χ4v) is 2.41. The van der Waals surface area contributed by atoms with Gasteiger partial charge in [0.1, 0.15) is 5.82 Å². The number of nitriles is 1. The number of hydrogen-bond acceptors (Lipinski definition) is 3. The van der Waals surface area contributed by atoms with Gasteiger partial charge in [-0.15, -0.1) is 0 Å². The van der Waals surface area contributed by atoms with Gasteiger partial charge in [0.05, 0.1) is 29.9 Å². The molecule has 0 spiro atoms. The Hall–Kier alpha value is -2.51. The minimum Gasteiger partial charge on any atom is -0.490 e. The van der Waals surface area contributed by atoms with Crippen LogP contribution < -0.4 is 9.47 Å². The third-order valence-electron chi connectivity index (χ3n) is 3.25. The minimum absolute atomic E-state index is 0.182. The highest BCUT2D eigenvalue weighted by molar-refractivity contribution is 6.32. The Labute approximate surface area is 145 Å². The van der Waals surface area contributed by atoms with Crippen molar-refractivity contribution in [3.8, 4) is 17.6 Å². The molecule has 0 amide bonds. The largest absolute Gasteiger partial charge is 0.490 e. The van der Waals surface area contributed by atoms with Gasteiger partial charge >= 0.3 is 0 Å². The lowest BCUT2D eigenvalue weighted by Gasteiger charge is -2.13. The molecule has 0 atom stereocenters. The first-order valence-electron chi connectivity index (χ1n) is 7.56. The molecule has 2 aromatic carbocycles. The maximum Gasteiger partial charge on any atom is 0.162 e. The maximum absolute atomic E-state index is 13.9. The average Bonchev–Trinajstić information content (AvgIpc) is 2.57. The van der Waals surface area contributed by atoms with E-state index in [-0.39, 0.29) is 11.1 Å². The summed E-state index contributed by atoms with van der Waals surface area (Å²) < 4.78 is 25.0. The fraction of sp³-hybridized carbons (Fsp3) is 0.211. The monoisotopic (exact) mass is 345 g/mol. The Kier molecular flexibility index (Phi) is 6.22. The van der Waals surface area contributed by atoms with E-state index in [4.69, 9.17) is 21.1 Å². The molecular formula is C19H17ClFNO2. The molecule has 0 unspecified atom stereocenters. The lowest BCUT2D eigenvalue weighted by molar-refractivity contribution is 0.288. The van der Waals surface area contributed by atoms with Crippen LogP contribution in [0.25, 0.3) is 11.6 Å². The summed E-state index contributed by atoms with van der Waals surface area (Å²) in [6, 6.07) is 11.5. The lowest BCUT2D eigenvalue weighted by Crippen LogP contribution is -1.99. The first-order chi connectivity index (χ1) is 11.6. The van der Waals surface area contributed by atoms with Gasteiger partial charge in [0, 0.05) is 11.6 Å². The summed E-state index contributed by atoms with van der Waals surface area (Å²) >= 11 is 6.28. The number of allylic oxidation sites excluding steroid dienone is 1. The van der Waals surface area contributed by atoms with E-state index in [1.807, 2.05) is 19.9 Å². The summed E-state index contributed by atoms with van der Waals surface area (Å²) in [4.78, 5) is 0. The molecule has 0 aromatic heterocycles. The van der Waals surface area contributed by atoms with Crippen molar-refractivity contribution in [2.45, 2.75) is 13.8 Å². The van der Waals surface area contributed by atoms with Crippen molar-refractivity contribution >= 4 is 23.3 Å². The van der Waals surface area contributed by atoms with E-state index in [0.29, 0.717) is 35.3 Å². The summed E-state index contributed by atoms with van der Waals surface area (Å²) in [5.41, 5.74) is 0.966. The van der Waals surface area contributed by atoms with Crippen molar-refractivity contribution in [2.75, 3.05) is 13.2 Å². The molecule has 0 radical (unpaired) electrons. The van der Waals surface area contributed by atoms with Gasteiger partial charge in [0.2, 0.25) is 0 Å². The summed E-state index contributed by atoms with van der Waals surface area (Å²) in [5, 5.41) is 9.78. The number of ether oxygens (including phenoxy) is 2. The molecule has 0 bridgehead atoms.